The average molecular weight is 941 g/mol. The minimum atomic E-state index is -0.575. The van der Waals surface area contributed by atoms with Crippen LogP contribution in [0.5, 0.6) is 0 Å². The van der Waals surface area contributed by atoms with Crippen molar-refractivity contribution in [1.29, 1.82) is 0 Å². The molecule has 0 saturated carbocycles. The van der Waals surface area contributed by atoms with Gasteiger partial charge in [0.2, 0.25) is 0 Å². The Bertz CT molecular complexity index is 4190. The van der Waals surface area contributed by atoms with E-state index in [2.05, 4.69) is 289 Å². The van der Waals surface area contributed by atoms with Crippen molar-refractivity contribution in [3.05, 3.63) is 312 Å². The molecule has 74 heavy (non-hydrogen) atoms. The van der Waals surface area contributed by atoms with Crippen molar-refractivity contribution in [3.8, 4) is 50.2 Å². The number of hydrogen-bond donors (Lipinski definition) is 0. The van der Waals surface area contributed by atoms with Crippen LogP contribution in [0.2, 0.25) is 0 Å². The lowest BCUT2D eigenvalue weighted by atomic mass is 9.52. The highest BCUT2D eigenvalue weighted by atomic mass is 15.1. The van der Waals surface area contributed by atoms with Crippen LogP contribution in [0.4, 0.5) is 17.1 Å². The normalized spacial score (nSPS) is 12.9. The van der Waals surface area contributed by atoms with Crippen LogP contribution >= 0.6 is 0 Å². The SMILES string of the molecule is c1ccc(-c2ccc(N(c3ccc(-c4ccc5cccc6c5c4C64c5ccccc5-c5ccccc5Cc5ccccc5-c5ccccc54)cc3)c3cccc(-n4c5ccccc5c5ccccc54)c3)cc2)cc1. The fourth-order valence-electron chi connectivity index (χ4n) is 12.9. The molecule has 0 aliphatic heterocycles. The fraction of sp³-hybridized carbons (Fsp3) is 0.0278. The van der Waals surface area contributed by atoms with Gasteiger partial charge < -0.3 is 9.47 Å². The molecule has 15 rings (SSSR count). The van der Waals surface area contributed by atoms with Crippen LogP contribution < -0.4 is 4.90 Å². The molecule has 0 fully saturated rings. The van der Waals surface area contributed by atoms with E-state index in [0.717, 1.165) is 29.2 Å². The van der Waals surface area contributed by atoms with Gasteiger partial charge in [0.1, 0.15) is 0 Å². The molecule has 1 spiro atoms. The van der Waals surface area contributed by atoms with E-state index in [1.807, 2.05) is 0 Å². The van der Waals surface area contributed by atoms with Gasteiger partial charge in [-0.15, -0.1) is 0 Å². The minimum absolute atomic E-state index is 0.575. The Labute approximate surface area is 431 Å². The van der Waals surface area contributed by atoms with Crippen molar-refractivity contribution in [2.75, 3.05) is 4.90 Å². The van der Waals surface area contributed by atoms with E-state index in [0.29, 0.717) is 0 Å². The molecule has 0 atom stereocenters. The highest BCUT2D eigenvalue weighted by Gasteiger charge is 2.51. The van der Waals surface area contributed by atoms with E-state index in [1.165, 1.54) is 110 Å². The topological polar surface area (TPSA) is 8.17 Å². The van der Waals surface area contributed by atoms with Gasteiger partial charge >= 0.3 is 0 Å². The van der Waals surface area contributed by atoms with Crippen molar-refractivity contribution in [2.24, 2.45) is 0 Å². The Morgan fingerprint density at radius 3 is 1.46 bits per heavy atom. The van der Waals surface area contributed by atoms with Crippen molar-refractivity contribution < 1.29 is 0 Å². The largest absolute Gasteiger partial charge is 0.310 e. The van der Waals surface area contributed by atoms with Gasteiger partial charge in [0.15, 0.2) is 0 Å². The Hall–Kier alpha value is -9.50. The van der Waals surface area contributed by atoms with Crippen LogP contribution in [-0.2, 0) is 11.8 Å². The second kappa shape index (κ2) is 16.8. The summed E-state index contributed by atoms with van der Waals surface area (Å²) in [5.41, 5.74) is 24.2. The zero-order chi connectivity index (χ0) is 48.7. The summed E-state index contributed by atoms with van der Waals surface area (Å²) in [4.78, 5) is 2.41. The predicted octanol–water partition coefficient (Wildman–Crippen LogP) is 18.7. The number of nitrogens with zero attached hydrogens (tertiary/aromatic N) is 2. The molecule has 1 aromatic heterocycles. The monoisotopic (exact) mass is 940 g/mol. The van der Waals surface area contributed by atoms with Crippen LogP contribution in [0.3, 0.4) is 0 Å². The van der Waals surface area contributed by atoms with Gasteiger partial charge in [-0.1, -0.05) is 224 Å². The number of fused-ring (bicyclic) bond motifs is 13. The van der Waals surface area contributed by atoms with Gasteiger partial charge in [-0.05, 0) is 150 Å². The second-order valence-corrected chi connectivity index (χ2v) is 19.9. The molecule has 1 heterocycles. The Kier molecular flexibility index (Phi) is 9.58. The number of para-hydroxylation sites is 2. The van der Waals surface area contributed by atoms with Crippen LogP contribution in [0, 0.1) is 0 Å². The molecule has 0 amide bonds. The summed E-state index contributed by atoms with van der Waals surface area (Å²) in [5.74, 6) is 0. The molecule has 12 aromatic carbocycles. The van der Waals surface area contributed by atoms with E-state index in [9.17, 15) is 0 Å². The molecule has 0 bridgehead atoms. The molecule has 2 aliphatic carbocycles. The lowest BCUT2D eigenvalue weighted by Crippen LogP contribution is -2.40. The fourth-order valence-corrected chi connectivity index (χ4v) is 12.9. The lowest BCUT2D eigenvalue weighted by Gasteiger charge is -2.49. The van der Waals surface area contributed by atoms with Gasteiger partial charge in [0.25, 0.3) is 0 Å². The molecule has 2 heteroatoms. The number of aromatic nitrogens is 1. The summed E-state index contributed by atoms with van der Waals surface area (Å²) in [5, 5.41) is 5.11. The minimum Gasteiger partial charge on any atom is -0.310 e. The molecule has 0 N–H and O–H groups in total. The van der Waals surface area contributed by atoms with Crippen molar-refractivity contribution in [1.82, 2.24) is 4.57 Å². The molecule has 2 aliphatic rings. The molecule has 0 unspecified atom stereocenters. The van der Waals surface area contributed by atoms with Gasteiger partial charge in [0.05, 0.1) is 16.4 Å². The smallest absolute Gasteiger partial charge is 0.0731 e. The summed E-state index contributed by atoms with van der Waals surface area (Å²) in [6, 6.07) is 104. The van der Waals surface area contributed by atoms with E-state index >= 15 is 0 Å². The molecule has 2 nitrogen and oxygen atoms in total. The third-order valence-corrected chi connectivity index (χ3v) is 16.1. The number of anilines is 3. The van der Waals surface area contributed by atoms with Gasteiger partial charge in [-0.2, -0.15) is 0 Å². The zero-order valence-electron chi connectivity index (χ0n) is 40.7. The lowest BCUT2D eigenvalue weighted by molar-refractivity contribution is 0.728. The third-order valence-electron chi connectivity index (χ3n) is 16.1. The van der Waals surface area contributed by atoms with Crippen molar-refractivity contribution in [3.63, 3.8) is 0 Å². The van der Waals surface area contributed by atoms with Gasteiger partial charge in [0, 0.05) is 33.5 Å². The van der Waals surface area contributed by atoms with Gasteiger partial charge in [-0.25, -0.2) is 0 Å². The van der Waals surface area contributed by atoms with Crippen LogP contribution in [0.15, 0.2) is 279 Å². The summed E-state index contributed by atoms with van der Waals surface area (Å²) < 4.78 is 2.41. The Morgan fingerprint density at radius 2 is 0.824 bits per heavy atom. The highest BCUT2D eigenvalue weighted by Crippen LogP contribution is 2.63. The van der Waals surface area contributed by atoms with Crippen LogP contribution in [0.1, 0.15) is 33.4 Å². The summed E-state index contributed by atoms with van der Waals surface area (Å²) in [7, 11) is 0. The first-order valence-corrected chi connectivity index (χ1v) is 25.8. The summed E-state index contributed by atoms with van der Waals surface area (Å²) in [6.45, 7) is 0. The Morgan fingerprint density at radius 1 is 0.324 bits per heavy atom. The zero-order valence-corrected chi connectivity index (χ0v) is 40.7. The average Bonchev–Trinajstić information content (AvgIpc) is 3.85. The van der Waals surface area contributed by atoms with Crippen LogP contribution in [-0.4, -0.2) is 4.57 Å². The third kappa shape index (κ3) is 6.31. The number of hydrogen-bond acceptors (Lipinski definition) is 1. The quantitative estimate of drug-likeness (QED) is 0.161. The van der Waals surface area contributed by atoms with E-state index in [4.69, 9.17) is 0 Å². The van der Waals surface area contributed by atoms with E-state index in [-0.39, 0.29) is 0 Å². The molecule has 0 saturated heterocycles. The standard InChI is InChI=1S/C72H48N2/c1-2-18-48(19-3-1)49-36-41-54(42-37-49)73(56-23-17-24-57(47-56)74-68-34-14-10-29-63(68)64-30-11-15-35-69(64)74)55-43-38-50(39-44-55)60-45-40-51-22-16-33-67-70(51)71(60)72(67)65-31-12-8-27-61(65)58-25-6-4-20-52(58)46-53-21-5-7-26-59(53)62-28-9-13-32-66(62)72/h1-45,47H,46H2. The number of benzene rings is 12. The van der Waals surface area contributed by atoms with E-state index in [1.54, 1.807) is 0 Å². The second-order valence-electron chi connectivity index (χ2n) is 19.9. The van der Waals surface area contributed by atoms with Crippen molar-refractivity contribution in [2.45, 2.75) is 11.8 Å². The summed E-state index contributed by atoms with van der Waals surface area (Å²) >= 11 is 0. The maximum Gasteiger partial charge on any atom is 0.0731 e. The molecule has 13 aromatic rings. The molecular weight excluding hydrogens is 893 g/mol. The molecular formula is C72H48N2. The molecule has 346 valence electrons. The maximum absolute atomic E-state index is 2.41. The first-order chi connectivity index (χ1) is 36.7. The Balaban J connectivity index is 0.929. The van der Waals surface area contributed by atoms with E-state index < -0.39 is 5.41 Å². The summed E-state index contributed by atoms with van der Waals surface area (Å²) in [6.07, 6.45) is 0.852. The molecule has 0 radical (unpaired) electrons. The number of rotatable bonds is 6. The highest BCUT2D eigenvalue weighted by molar-refractivity contribution is 6.10. The first-order valence-electron chi connectivity index (χ1n) is 25.8. The van der Waals surface area contributed by atoms with Crippen LogP contribution in [0.25, 0.3) is 82.8 Å². The predicted molar refractivity (Wildman–Crippen MR) is 309 cm³/mol. The van der Waals surface area contributed by atoms with Gasteiger partial charge in [-0.3, -0.25) is 0 Å². The first kappa shape index (κ1) is 42.2. The van der Waals surface area contributed by atoms with Crippen molar-refractivity contribution >= 4 is 49.6 Å². The maximum atomic E-state index is 2.41.